The van der Waals surface area contributed by atoms with E-state index in [2.05, 4.69) is 10.3 Å². The first-order valence-corrected chi connectivity index (χ1v) is 11.2. The number of hydrogen-bond acceptors (Lipinski definition) is 6. The summed E-state index contributed by atoms with van der Waals surface area (Å²) in [4.78, 5) is 16.9. The molecule has 28 heavy (non-hydrogen) atoms. The zero-order valence-electron chi connectivity index (χ0n) is 15.2. The summed E-state index contributed by atoms with van der Waals surface area (Å²) in [5, 5.41) is 5.46. The second-order valence-corrected chi connectivity index (χ2v) is 9.45. The average Bonchev–Trinajstić information content (AvgIpc) is 3.43. The van der Waals surface area contributed by atoms with E-state index in [1.165, 1.54) is 16.4 Å². The molecule has 0 radical (unpaired) electrons. The van der Waals surface area contributed by atoms with Crippen LogP contribution in [0.15, 0.2) is 51.3 Å². The lowest BCUT2D eigenvalue weighted by Crippen LogP contribution is -2.27. The highest BCUT2D eigenvalue weighted by Gasteiger charge is 2.30. The van der Waals surface area contributed by atoms with Crippen molar-refractivity contribution >= 4 is 33.0 Å². The molecule has 4 rings (SSSR count). The summed E-state index contributed by atoms with van der Waals surface area (Å²) in [6.07, 6.45) is 1.67. The summed E-state index contributed by atoms with van der Waals surface area (Å²) in [6.45, 7) is 2.89. The number of aromatic nitrogens is 1. The molecule has 0 spiro atoms. The van der Waals surface area contributed by atoms with Crippen LogP contribution < -0.4 is 5.32 Å². The van der Waals surface area contributed by atoms with Crippen molar-refractivity contribution in [1.29, 1.82) is 0 Å². The number of hydrogen-bond donors (Lipinski definition) is 1. The molecule has 1 aliphatic rings. The van der Waals surface area contributed by atoms with Crippen LogP contribution in [0.3, 0.4) is 0 Å². The fourth-order valence-corrected chi connectivity index (χ4v) is 5.13. The molecule has 0 atom stereocenters. The smallest absolute Gasteiger partial charge is 0.291 e. The van der Waals surface area contributed by atoms with E-state index in [0.29, 0.717) is 18.8 Å². The molecule has 0 bridgehead atoms. The lowest BCUT2D eigenvalue weighted by atomic mass is 10.1. The predicted octanol–water partition coefficient (Wildman–Crippen LogP) is 3.75. The third kappa shape index (κ3) is 3.73. The Labute approximate surface area is 167 Å². The molecule has 0 saturated carbocycles. The first-order valence-electron chi connectivity index (χ1n) is 8.87. The van der Waals surface area contributed by atoms with Crippen LogP contribution in [-0.2, 0) is 10.0 Å². The Morgan fingerprint density at radius 2 is 2.00 bits per heavy atom. The van der Waals surface area contributed by atoms with E-state index in [0.717, 1.165) is 29.1 Å². The zero-order chi connectivity index (χ0) is 19.7. The number of rotatable bonds is 5. The first kappa shape index (κ1) is 18.9. The Bertz CT molecular complexity index is 1110. The SMILES string of the molecule is Cc1nc(-c2cccc(NC(=O)c3ccc(S(=O)(=O)N4CCCC4)o3)c2)cs1. The number of aryl methyl sites for hydroxylation is 1. The molecule has 1 N–H and O–H groups in total. The summed E-state index contributed by atoms with van der Waals surface area (Å²) in [7, 11) is -3.69. The quantitative estimate of drug-likeness (QED) is 0.683. The molecule has 1 aromatic carbocycles. The second kappa shape index (κ2) is 7.50. The molecule has 3 heterocycles. The van der Waals surface area contributed by atoms with E-state index in [4.69, 9.17) is 4.42 Å². The largest absolute Gasteiger partial charge is 0.438 e. The monoisotopic (exact) mass is 417 g/mol. The van der Waals surface area contributed by atoms with Gasteiger partial charge in [0.05, 0.1) is 10.7 Å². The molecule has 0 aliphatic carbocycles. The molecule has 3 aromatic rings. The van der Waals surface area contributed by atoms with Crippen molar-refractivity contribution in [2.45, 2.75) is 24.9 Å². The number of furan rings is 1. The molecule has 1 saturated heterocycles. The maximum Gasteiger partial charge on any atom is 0.291 e. The highest BCUT2D eigenvalue weighted by molar-refractivity contribution is 7.89. The van der Waals surface area contributed by atoms with Gasteiger partial charge in [-0.1, -0.05) is 12.1 Å². The summed E-state index contributed by atoms with van der Waals surface area (Å²) >= 11 is 1.56. The molecular weight excluding hydrogens is 398 g/mol. The van der Waals surface area contributed by atoms with Crippen LogP contribution in [0, 0.1) is 6.92 Å². The highest BCUT2D eigenvalue weighted by atomic mass is 32.2. The summed E-state index contributed by atoms with van der Waals surface area (Å²) in [5.41, 5.74) is 2.31. The van der Waals surface area contributed by atoms with E-state index >= 15 is 0 Å². The zero-order valence-corrected chi connectivity index (χ0v) is 16.8. The Balaban J connectivity index is 1.51. The van der Waals surface area contributed by atoms with Gasteiger partial charge >= 0.3 is 0 Å². The molecule has 2 aromatic heterocycles. The van der Waals surface area contributed by atoms with Crippen molar-refractivity contribution in [3.63, 3.8) is 0 Å². The van der Waals surface area contributed by atoms with E-state index in [1.54, 1.807) is 17.4 Å². The first-order chi connectivity index (χ1) is 13.4. The van der Waals surface area contributed by atoms with Crippen molar-refractivity contribution in [2.75, 3.05) is 18.4 Å². The lowest BCUT2D eigenvalue weighted by Gasteiger charge is -2.12. The third-order valence-corrected chi connectivity index (χ3v) is 7.05. The number of nitrogens with zero attached hydrogens (tertiary/aromatic N) is 2. The molecule has 0 unspecified atom stereocenters. The standard InChI is InChI=1S/C19H19N3O4S2/c1-13-20-16(12-27-13)14-5-4-6-15(11-14)21-19(23)17-7-8-18(26-17)28(24,25)22-9-2-3-10-22/h4-8,11-12H,2-3,9-10H2,1H3,(H,21,23). The highest BCUT2D eigenvalue weighted by Crippen LogP contribution is 2.26. The Kier molecular flexibility index (Phi) is 5.05. The van der Waals surface area contributed by atoms with Crippen LogP contribution >= 0.6 is 11.3 Å². The van der Waals surface area contributed by atoms with Gasteiger partial charge in [0, 0.05) is 29.7 Å². The van der Waals surface area contributed by atoms with Crippen molar-refractivity contribution < 1.29 is 17.6 Å². The number of carbonyl (C=O) groups excluding carboxylic acids is 1. The van der Waals surface area contributed by atoms with E-state index in [9.17, 15) is 13.2 Å². The van der Waals surface area contributed by atoms with Gasteiger partial charge in [-0.2, -0.15) is 4.31 Å². The minimum atomic E-state index is -3.69. The number of anilines is 1. The van der Waals surface area contributed by atoms with Gasteiger partial charge in [0.2, 0.25) is 5.09 Å². The molecule has 146 valence electrons. The molecule has 1 fully saturated rings. The molecule has 9 heteroatoms. The van der Waals surface area contributed by atoms with Gasteiger partial charge in [-0.15, -0.1) is 11.3 Å². The fraction of sp³-hybridized carbons (Fsp3) is 0.263. The third-order valence-electron chi connectivity index (χ3n) is 4.50. The van der Waals surface area contributed by atoms with Crippen molar-refractivity contribution in [2.24, 2.45) is 0 Å². The summed E-state index contributed by atoms with van der Waals surface area (Å²) < 4.78 is 31.8. The normalized spacial score (nSPS) is 15.0. The van der Waals surface area contributed by atoms with Gasteiger partial charge in [0.15, 0.2) is 5.76 Å². The number of sulfonamides is 1. The van der Waals surface area contributed by atoms with Crippen LogP contribution in [0.25, 0.3) is 11.3 Å². The number of amides is 1. The Morgan fingerprint density at radius 1 is 1.21 bits per heavy atom. The van der Waals surface area contributed by atoms with E-state index < -0.39 is 15.9 Å². The second-order valence-electron chi connectivity index (χ2n) is 6.52. The number of thiazole rings is 1. The van der Waals surface area contributed by atoms with Crippen LogP contribution in [0.1, 0.15) is 28.4 Å². The maximum atomic E-state index is 12.5. The molecule has 7 nitrogen and oxygen atoms in total. The molecule has 1 amide bonds. The summed E-state index contributed by atoms with van der Waals surface area (Å²) in [6, 6.07) is 10.0. The molecular formula is C19H19N3O4S2. The lowest BCUT2D eigenvalue weighted by molar-refractivity contribution is 0.0991. The van der Waals surface area contributed by atoms with Crippen LogP contribution in [0.2, 0.25) is 0 Å². The van der Waals surface area contributed by atoms with Gasteiger partial charge in [0.25, 0.3) is 15.9 Å². The van der Waals surface area contributed by atoms with Gasteiger partial charge < -0.3 is 9.73 Å². The Morgan fingerprint density at radius 3 is 2.71 bits per heavy atom. The number of carbonyl (C=O) groups is 1. The van der Waals surface area contributed by atoms with E-state index in [-0.39, 0.29) is 10.9 Å². The minimum Gasteiger partial charge on any atom is -0.438 e. The van der Waals surface area contributed by atoms with Crippen molar-refractivity contribution in [1.82, 2.24) is 9.29 Å². The minimum absolute atomic E-state index is 0.0484. The maximum absolute atomic E-state index is 12.5. The topological polar surface area (TPSA) is 92.5 Å². The van der Waals surface area contributed by atoms with E-state index in [1.807, 2.05) is 30.5 Å². The Hall–Kier alpha value is -2.49. The number of nitrogens with one attached hydrogen (secondary N) is 1. The van der Waals surface area contributed by atoms with Gasteiger partial charge in [-0.05, 0) is 44.0 Å². The van der Waals surface area contributed by atoms with Crippen LogP contribution in [0.4, 0.5) is 5.69 Å². The van der Waals surface area contributed by atoms with Gasteiger partial charge in [-0.3, -0.25) is 4.79 Å². The fourth-order valence-electron chi connectivity index (χ4n) is 3.08. The molecule has 1 aliphatic heterocycles. The van der Waals surface area contributed by atoms with Gasteiger partial charge in [0.1, 0.15) is 0 Å². The van der Waals surface area contributed by atoms with Gasteiger partial charge in [-0.25, -0.2) is 13.4 Å². The number of benzene rings is 1. The van der Waals surface area contributed by atoms with Crippen molar-refractivity contribution in [3.05, 3.63) is 52.5 Å². The summed E-state index contributed by atoms with van der Waals surface area (Å²) in [5.74, 6) is -0.554. The predicted molar refractivity (Wildman–Crippen MR) is 107 cm³/mol. The van der Waals surface area contributed by atoms with Crippen LogP contribution in [0.5, 0.6) is 0 Å². The van der Waals surface area contributed by atoms with Crippen molar-refractivity contribution in [3.8, 4) is 11.3 Å². The van der Waals surface area contributed by atoms with Crippen LogP contribution in [-0.4, -0.2) is 36.7 Å². The average molecular weight is 418 g/mol.